The van der Waals surface area contributed by atoms with Gasteiger partial charge in [0.15, 0.2) is 0 Å². The first-order chi connectivity index (χ1) is 16.0. The van der Waals surface area contributed by atoms with E-state index in [1.54, 1.807) is 11.0 Å². The van der Waals surface area contributed by atoms with E-state index in [-0.39, 0.29) is 11.9 Å². The molecule has 2 N–H and O–H groups in total. The second kappa shape index (κ2) is 10.6. The first-order valence-corrected chi connectivity index (χ1v) is 12.1. The van der Waals surface area contributed by atoms with Crippen molar-refractivity contribution in [1.29, 1.82) is 0 Å². The van der Waals surface area contributed by atoms with Crippen molar-refractivity contribution in [3.8, 4) is 0 Å². The van der Waals surface area contributed by atoms with Crippen LogP contribution in [0.15, 0.2) is 48.5 Å². The van der Waals surface area contributed by atoms with Gasteiger partial charge in [-0.15, -0.1) is 0 Å². The topological polar surface area (TPSA) is 78.5 Å². The normalized spacial score (nSPS) is 17.4. The molecule has 0 radical (unpaired) electrons. The van der Waals surface area contributed by atoms with E-state index in [9.17, 15) is 14.4 Å². The van der Waals surface area contributed by atoms with Gasteiger partial charge in [0.1, 0.15) is 0 Å². The van der Waals surface area contributed by atoms with Crippen molar-refractivity contribution in [2.45, 2.75) is 57.9 Å². The number of hydrogen-bond donors (Lipinski definition) is 2. The minimum Gasteiger partial charge on any atom is -0.341 e. The molecule has 174 valence electrons. The van der Waals surface area contributed by atoms with E-state index in [2.05, 4.69) is 10.6 Å². The molecule has 0 unspecified atom stereocenters. The molecule has 6 nitrogen and oxygen atoms in total. The summed E-state index contributed by atoms with van der Waals surface area (Å²) in [7, 11) is 0. The average molecular weight is 448 g/mol. The highest BCUT2D eigenvalue weighted by Crippen LogP contribution is 2.34. The first kappa shape index (κ1) is 23.0. The largest absolute Gasteiger partial charge is 0.341 e. The van der Waals surface area contributed by atoms with Crippen LogP contribution in [0.4, 0.5) is 5.69 Å². The number of nitrogens with one attached hydrogen (secondary N) is 2. The predicted octanol–water partition coefficient (Wildman–Crippen LogP) is 4.61. The van der Waals surface area contributed by atoms with Crippen LogP contribution < -0.4 is 10.6 Å². The third kappa shape index (κ3) is 5.44. The Labute approximate surface area is 195 Å². The Kier molecular flexibility index (Phi) is 7.43. The molecule has 2 aromatic carbocycles. The van der Waals surface area contributed by atoms with Gasteiger partial charge in [-0.05, 0) is 55.7 Å². The highest BCUT2D eigenvalue weighted by molar-refractivity contribution is 6.40. The van der Waals surface area contributed by atoms with Crippen LogP contribution in [0.25, 0.3) is 0 Å². The van der Waals surface area contributed by atoms with Crippen LogP contribution in [0.2, 0.25) is 0 Å². The number of likely N-dealkylation sites (tertiary alicyclic amines) is 1. The molecule has 1 aliphatic carbocycles. The van der Waals surface area contributed by atoms with Crippen molar-refractivity contribution < 1.29 is 14.4 Å². The minimum atomic E-state index is -0.739. The van der Waals surface area contributed by atoms with Gasteiger partial charge in [-0.3, -0.25) is 14.4 Å². The molecule has 2 fully saturated rings. The van der Waals surface area contributed by atoms with E-state index in [1.165, 1.54) is 6.42 Å². The zero-order valence-electron chi connectivity index (χ0n) is 19.3. The molecule has 1 heterocycles. The Bertz CT molecular complexity index is 993. The number of amides is 3. The first-order valence-electron chi connectivity index (χ1n) is 12.1. The van der Waals surface area contributed by atoms with Gasteiger partial charge in [0.05, 0.1) is 17.3 Å². The van der Waals surface area contributed by atoms with E-state index in [4.69, 9.17) is 0 Å². The van der Waals surface area contributed by atoms with Gasteiger partial charge in [0, 0.05) is 13.1 Å². The molecule has 2 aliphatic rings. The van der Waals surface area contributed by atoms with Gasteiger partial charge in [-0.2, -0.15) is 0 Å². The molecule has 3 amide bonds. The summed E-state index contributed by atoms with van der Waals surface area (Å²) >= 11 is 0. The van der Waals surface area contributed by atoms with Crippen LogP contribution in [-0.2, 0) is 9.59 Å². The van der Waals surface area contributed by atoms with Crippen LogP contribution >= 0.6 is 0 Å². The number of hydrogen-bond acceptors (Lipinski definition) is 3. The number of nitrogens with zero attached hydrogens (tertiary/aromatic N) is 1. The molecular weight excluding hydrogens is 414 g/mol. The molecule has 1 aliphatic heterocycles. The van der Waals surface area contributed by atoms with E-state index >= 15 is 0 Å². The molecule has 1 saturated heterocycles. The summed E-state index contributed by atoms with van der Waals surface area (Å²) in [5.41, 5.74) is 2.63. The molecule has 0 bridgehead atoms. The molecule has 1 atom stereocenters. The van der Waals surface area contributed by atoms with Crippen molar-refractivity contribution in [2.75, 3.05) is 18.4 Å². The summed E-state index contributed by atoms with van der Waals surface area (Å²) in [6, 6.07) is 15.0. The van der Waals surface area contributed by atoms with Crippen LogP contribution in [0.5, 0.6) is 0 Å². The van der Waals surface area contributed by atoms with Gasteiger partial charge in [-0.1, -0.05) is 61.7 Å². The van der Waals surface area contributed by atoms with Crippen LogP contribution in [0, 0.1) is 12.8 Å². The van der Waals surface area contributed by atoms with Crippen molar-refractivity contribution in [3.63, 3.8) is 0 Å². The average Bonchev–Trinajstić information content (AvgIpc) is 3.39. The lowest BCUT2D eigenvalue weighted by Gasteiger charge is -2.31. The number of carbonyl (C=O) groups is 3. The molecule has 0 spiro atoms. The number of aryl methyl sites for hydroxylation is 1. The summed E-state index contributed by atoms with van der Waals surface area (Å²) in [5, 5.41) is 5.74. The van der Waals surface area contributed by atoms with Gasteiger partial charge in [0.25, 0.3) is 5.91 Å². The number of anilines is 1. The minimum absolute atomic E-state index is 0.101. The van der Waals surface area contributed by atoms with Crippen molar-refractivity contribution in [3.05, 3.63) is 65.2 Å². The quantitative estimate of drug-likeness (QED) is 0.657. The lowest BCUT2D eigenvalue weighted by atomic mass is 9.81. The van der Waals surface area contributed by atoms with Gasteiger partial charge >= 0.3 is 11.8 Å². The maximum atomic E-state index is 13.0. The molecule has 0 aromatic heterocycles. The Morgan fingerprint density at radius 1 is 0.848 bits per heavy atom. The Hall–Kier alpha value is -3.15. The van der Waals surface area contributed by atoms with E-state index in [1.807, 2.05) is 49.4 Å². The monoisotopic (exact) mass is 447 g/mol. The van der Waals surface area contributed by atoms with Crippen molar-refractivity contribution in [2.24, 2.45) is 5.92 Å². The molecule has 6 heteroatoms. The highest BCUT2D eigenvalue weighted by Gasteiger charge is 2.29. The van der Waals surface area contributed by atoms with Gasteiger partial charge in [-0.25, -0.2) is 0 Å². The highest BCUT2D eigenvalue weighted by atomic mass is 16.2. The second-order valence-electron chi connectivity index (χ2n) is 9.21. The van der Waals surface area contributed by atoms with Crippen molar-refractivity contribution >= 4 is 23.4 Å². The molecule has 33 heavy (non-hydrogen) atoms. The van der Waals surface area contributed by atoms with Crippen molar-refractivity contribution in [1.82, 2.24) is 10.2 Å². The Morgan fingerprint density at radius 2 is 1.55 bits per heavy atom. The van der Waals surface area contributed by atoms with Crippen LogP contribution in [0.1, 0.15) is 72.5 Å². The summed E-state index contributed by atoms with van der Waals surface area (Å²) in [6.45, 7) is 3.28. The second-order valence-corrected chi connectivity index (χ2v) is 9.21. The number of carbonyl (C=O) groups excluding carboxylic acids is 3. The lowest BCUT2D eigenvalue weighted by Crippen LogP contribution is -2.41. The molecular formula is C27H33N3O3. The fraction of sp³-hybridized carbons (Fsp3) is 0.444. The Balaban J connectivity index is 1.51. The number of rotatable bonds is 5. The standard InChI is InChI=1S/C27H33N3O3/c1-19-11-10-16-22(27(33)30-17-8-9-18-30)23(19)28-25(31)26(32)29-24(20-12-4-2-5-13-20)21-14-6-3-7-15-21/h2,4-5,10-13,16,21,24H,3,6-9,14-15,17-18H2,1H3,(H,28,31)(H,29,32)/t24-/m1/s1. The zero-order chi connectivity index (χ0) is 23.2. The smallest absolute Gasteiger partial charge is 0.313 e. The molecule has 2 aromatic rings. The Morgan fingerprint density at radius 3 is 2.24 bits per heavy atom. The fourth-order valence-electron chi connectivity index (χ4n) is 5.08. The van der Waals surface area contributed by atoms with Crippen LogP contribution in [0.3, 0.4) is 0 Å². The summed E-state index contributed by atoms with van der Waals surface area (Å²) in [5.74, 6) is -1.20. The third-order valence-electron chi connectivity index (χ3n) is 6.91. The van der Waals surface area contributed by atoms with E-state index in [0.717, 1.165) is 62.7 Å². The van der Waals surface area contributed by atoms with Gasteiger partial charge < -0.3 is 15.5 Å². The lowest BCUT2D eigenvalue weighted by molar-refractivity contribution is -0.137. The number of para-hydroxylation sites is 1. The summed E-state index contributed by atoms with van der Waals surface area (Å²) in [6.07, 6.45) is 7.55. The SMILES string of the molecule is Cc1cccc(C(=O)N2CCCC2)c1NC(=O)C(=O)N[C@H](c1ccccc1)C1CCCCC1. The third-order valence-corrected chi connectivity index (χ3v) is 6.91. The zero-order valence-corrected chi connectivity index (χ0v) is 19.3. The molecule has 1 saturated carbocycles. The fourth-order valence-corrected chi connectivity index (χ4v) is 5.08. The van der Waals surface area contributed by atoms with E-state index < -0.39 is 11.8 Å². The molecule has 4 rings (SSSR count). The van der Waals surface area contributed by atoms with E-state index in [0.29, 0.717) is 17.2 Å². The summed E-state index contributed by atoms with van der Waals surface area (Å²) in [4.78, 5) is 40.8. The number of benzene rings is 2. The summed E-state index contributed by atoms with van der Waals surface area (Å²) < 4.78 is 0. The predicted molar refractivity (Wildman–Crippen MR) is 129 cm³/mol. The maximum absolute atomic E-state index is 13.0. The maximum Gasteiger partial charge on any atom is 0.313 e. The van der Waals surface area contributed by atoms with Crippen LogP contribution in [-0.4, -0.2) is 35.7 Å². The van der Waals surface area contributed by atoms with Gasteiger partial charge in [0.2, 0.25) is 0 Å².